The molecular formula is C18H29NO2. The van der Waals surface area contributed by atoms with Gasteiger partial charge < -0.3 is 10.1 Å². The fraction of sp³-hybridized carbons (Fsp3) is 0.611. The first-order chi connectivity index (χ1) is 9.93. The van der Waals surface area contributed by atoms with Gasteiger partial charge in [0.2, 0.25) is 0 Å². The Bertz CT molecular complexity index is 425. The molecule has 0 spiro atoms. The zero-order valence-corrected chi connectivity index (χ0v) is 14.0. The molecule has 118 valence electrons. The van der Waals surface area contributed by atoms with Crippen molar-refractivity contribution in [1.29, 1.82) is 0 Å². The first-order valence-electron chi connectivity index (χ1n) is 7.98. The predicted molar refractivity (Wildman–Crippen MR) is 87.7 cm³/mol. The van der Waals surface area contributed by atoms with Crippen LogP contribution in [-0.4, -0.2) is 18.6 Å². The number of hydrogen-bond acceptors (Lipinski definition) is 2. The van der Waals surface area contributed by atoms with Crippen LogP contribution in [0.1, 0.15) is 58.9 Å². The normalized spacial score (nSPS) is 13.8. The van der Waals surface area contributed by atoms with Crippen LogP contribution in [0, 0.1) is 5.92 Å². The minimum atomic E-state index is -0.466. The summed E-state index contributed by atoms with van der Waals surface area (Å²) < 4.78 is 5.69. The summed E-state index contributed by atoms with van der Waals surface area (Å²) in [7, 11) is 0. The summed E-state index contributed by atoms with van der Waals surface area (Å²) >= 11 is 0. The van der Waals surface area contributed by atoms with Gasteiger partial charge in [-0.3, -0.25) is 4.79 Å². The van der Waals surface area contributed by atoms with Gasteiger partial charge in [0.25, 0.3) is 5.91 Å². The standard InChI is InChI=1S/C18H29NO2/c1-6-14(4)16-7-9-17(10-8-16)21-15(5)18(20)19-12-11-13(2)3/h7-10,13-15H,6,11-12H2,1-5H3,(H,19,20). The molecular weight excluding hydrogens is 262 g/mol. The van der Waals surface area contributed by atoms with E-state index in [2.05, 4.69) is 45.1 Å². The van der Waals surface area contributed by atoms with Crippen molar-refractivity contribution in [2.45, 2.75) is 59.5 Å². The van der Waals surface area contributed by atoms with E-state index < -0.39 is 6.10 Å². The molecule has 1 aromatic rings. The second-order valence-corrected chi connectivity index (χ2v) is 6.11. The Labute approximate surface area is 129 Å². The van der Waals surface area contributed by atoms with Crippen molar-refractivity contribution in [3.8, 4) is 5.75 Å². The molecule has 0 fully saturated rings. The van der Waals surface area contributed by atoms with Crippen molar-refractivity contribution in [3.05, 3.63) is 29.8 Å². The lowest BCUT2D eigenvalue weighted by atomic mass is 9.99. The van der Waals surface area contributed by atoms with Gasteiger partial charge in [0.05, 0.1) is 0 Å². The number of rotatable bonds is 8. The molecule has 0 saturated carbocycles. The maximum absolute atomic E-state index is 11.9. The van der Waals surface area contributed by atoms with E-state index >= 15 is 0 Å². The summed E-state index contributed by atoms with van der Waals surface area (Å²) in [5, 5.41) is 2.91. The predicted octanol–water partition coefficient (Wildman–Crippen LogP) is 4.13. The highest BCUT2D eigenvalue weighted by molar-refractivity contribution is 5.80. The van der Waals surface area contributed by atoms with Gasteiger partial charge in [-0.05, 0) is 49.3 Å². The fourth-order valence-electron chi connectivity index (χ4n) is 2.00. The Kier molecular flexibility index (Phi) is 7.27. The van der Waals surface area contributed by atoms with Crippen LogP contribution >= 0.6 is 0 Å². The lowest BCUT2D eigenvalue weighted by Crippen LogP contribution is -2.37. The van der Waals surface area contributed by atoms with Crippen molar-refractivity contribution >= 4 is 5.91 Å². The number of amides is 1. The number of benzene rings is 1. The second-order valence-electron chi connectivity index (χ2n) is 6.11. The molecule has 2 atom stereocenters. The van der Waals surface area contributed by atoms with E-state index in [1.54, 1.807) is 6.92 Å². The Morgan fingerprint density at radius 2 is 1.76 bits per heavy atom. The molecule has 0 aliphatic heterocycles. The Balaban J connectivity index is 2.46. The van der Waals surface area contributed by atoms with E-state index in [1.807, 2.05) is 12.1 Å². The van der Waals surface area contributed by atoms with E-state index in [4.69, 9.17) is 4.74 Å². The molecule has 0 radical (unpaired) electrons. The summed E-state index contributed by atoms with van der Waals surface area (Å²) in [6, 6.07) is 8.04. The molecule has 0 saturated heterocycles. The van der Waals surface area contributed by atoms with Crippen molar-refractivity contribution in [1.82, 2.24) is 5.32 Å². The third-order valence-electron chi connectivity index (χ3n) is 3.76. The van der Waals surface area contributed by atoms with Crippen molar-refractivity contribution in [2.24, 2.45) is 5.92 Å². The average molecular weight is 291 g/mol. The van der Waals surface area contributed by atoms with E-state index in [0.29, 0.717) is 18.4 Å². The lowest BCUT2D eigenvalue weighted by molar-refractivity contribution is -0.127. The summed E-state index contributed by atoms with van der Waals surface area (Å²) in [4.78, 5) is 11.9. The van der Waals surface area contributed by atoms with Crippen LogP contribution in [0.2, 0.25) is 0 Å². The molecule has 0 aliphatic rings. The zero-order valence-electron chi connectivity index (χ0n) is 14.0. The SMILES string of the molecule is CCC(C)c1ccc(OC(C)C(=O)NCCC(C)C)cc1. The van der Waals surface area contributed by atoms with Gasteiger partial charge in [-0.1, -0.05) is 39.8 Å². The van der Waals surface area contributed by atoms with Crippen LogP contribution in [0.3, 0.4) is 0 Å². The van der Waals surface area contributed by atoms with Gasteiger partial charge in [-0.2, -0.15) is 0 Å². The van der Waals surface area contributed by atoms with Gasteiger partial charge in [0.1, 0.15) is 5.75 Å². The molecule has 3 nitrogen and oxygen atoms in total. The van der Waals surface area contributed by atoms with Crippen molar-refractivity contribution in [2.75, 3.05) is 6.54 Å². The minimum absolute atomic E-state index is 0.0540. The van der Waals surface area contributed by atoms with E-state index in [9.17, 15) is 4.79 Å². The van der Waals surface area contributed by atoms with Gasteiger partial charge >= 0.3 is 0 Å². The highest BCUT2D eigenvalue weighted by atomic mass is 16.5. The Hall–Kier alpha value is -1.51. The molecule has 1 amide bonds. The minimum Gasteiger partial charge on any atom is -0.481 e. The molecule has 2 unspecified atom stereocenters. The highest BCUT2D eigenvalue weighted by Crippen LogP contribution is 2.22. The molecule has 3 heteroatoms. The van der Waals surface area contributed by atoms with E-state index in [0.717, 1.165) is 18.6 Å². The third kappa shape index (κ3) is 6.19. The number of ether oxygens (including phenoxy) is 1. The first kappa shape index (κ1) is 17.5. The first-order valence-corrected chi connectivity index (χ1v) is 7.98. The molecule has 0 bridgehead atoms. The van der Waals surface area contributed by atoms with Crippen LogP contribution in [0.4, 0.5) is 0 Å². The van der Waals surface area contributed by atoms with E-state index in [1.165, 1.54) is 5.56 Å². The van der Waals surface area contributed by atoms with Crippen LogP contribution < -0.4 is 10.1 Å². The lowest BCUT2D eigenvalue weighted by Gasteiger charge is -2.16. The number of carbonyl (C=O) groups excluding carboxylic acids is 1. The van der Waals surface area contributed by atoms with Crippen LogP contribution in [0.5, 0.6) is 5.75 Å². The van der Waals surface area contributed by atoms with Gasteiger partial charge in [0, 0.05) is 6.54 Å². The molecule has 0 aromatic heterocycles. The van der Waals surface area contributed by atoms with Crippen LogP contribution in [0.25, 0.3) is 0 Å². The van der Waals surface area contributed by atoms with Gasteiger partial charge in [-0.25, -0.2) is 0 Å². The smallest absolute Gasteiger partial charge is 0.260 e. The van der Waals surface area contributed by atoms with E-state index in [-0.39, 0.29) is 5.91 Å². The molecule has 1 N–H and O–H groups in total. The maximum Gasteiger partial charge on any atom is 0.260 e. The summed E-state index contributed by atoms with van der Waals surface area (Å²) in [6.07, 6.45) is 1.64. The number of hydrogen-bond donors (Lipinski definition) is 1. The molecule has 0 heterocycles. The average Bonchev–Trinajstić information content (AvgIpc) is 2.46. The third-order valence-corrected chi connectivity index (χ3v) is 3.76. The van der Waals surface area contributed by atoms with Gasteiger partial charge in [-0.15, -0.1) is 0 Å². The second kappa shape index (κ2) is 8.71. The number of carbonyl (C=O) groups is 1. The zero-order chi connectivity index (χ0) is 15.8. The molecule has 21 heavy (non-hydrogen) atoms. The van der Waals surface area contributed by atoms with Crippen molar-refractivity contribution < 1.29 is 9.53 Å². The van der Waals surface area contributed by atoms with Crippen molar-refractivity contribution in [3.63, 3.8) is 0 Å². The topological polar surface area (TPSA) is 38.3 Å². The summed E-state index contributed by atoms with van der Waals surface area (Å²) in [6.45, 7) is 11.2. The fourth-order valence-corrected chi connectivity index (χ4v) is 2.00. The van der Waals surface area contributed by atoms with Gasteiger partial charge in [0.15, 0.2) is 6.10 Å². The largest absolute Gasteiger partial charge is 0.481 e. The molecule has 0 aliphatic carbocycles. The monoisotopic (exact) mass is 291 g/mol. The van der Waals surface area contributed by atoms with Crippen LogP contribution in [-0.2, 0) is 4.79 Å². The highest BCUT2D eigenvalue weighted by Gasteiger charge is 2.14. The summed E-state index contributed by atoms with van der Waals surface area (Å²) in [5.41, 5.74) is 1.30. The van der Waals surface area contributed by atoms with Crippen LogP contribution in [0.15, 0.2) is 24.3 Å². The quantitative estimate of drug-likeness (QED) is 0.782. The molecule has 1 rings (SSSR count). The Morgan fingerprint density at radius 1 is 1.14 bits per heavy atom. The maximum atomic E-state index is 11.9. The Morgan fingerprint density at radius 3 is 2.29 bits per heavy atom. The summed E-state index contributed by atoms with van der Waals surface area (Å²) in [5.74, 6) is 1.83. The number of nitrogens with one attached hydrogen (secondary N) is 1. The molecule has 1 aromatic carbocycles.